The van der Waals surface area contributed by atoms with E-state index in [4.69, 9.17) is 14.5 Å². The predicted molar refractivity (Wildman–Crippen MR) is 110 cm³/mol. The zero-order valence-corrected chi connectivity index (χ0v) is 16.8. The summed E-state index contributed by atoms with van der Waals surface area (Å²) in [5.41, 5.74) is 4.93. The molecule has 0 spiro atoms. The molecule has 1 aliphatic carbocycles. The second-order valence-corrected chi connectivity index (χ2v) is 7.77. The average molecular weight is 370 g/mol. The molecule has 0 amide bonds. The average Bonchev–Trinajstić information content (AvgIpc) is 3.15. The predicted octanol–water partition coefficient (Wildman–Crippen LogP) is 4.03. The lowest BCUT2D eigenvalue weighted by atomic mass is 10.0. The molecule has 4 rings (SSSR count). The Bertz CT molecular complexity index is 819. The van der Waals surface area contributed by atoms with E-state index in [0.29, 0.717) is 6.04 Å². The van der Waals surface area contributed by atoms with E-state index >= 15 is 0 Å². The Hall–Kier alpha value is -2.01. The van der Waals surface area contributed by atoms with Crippen molar-refractivity contribution >= 4 is 16.6 Å². The van der Waals surface area contributed by atoms with Crippen molar-refractivity contribution in [2.45, 2.75) is 51.5 Å². The van der Waals surface area contributed by atoms with Crippen molar-refractivity contribution in [2.75, 3.05) is 39.2 Å². The van der Waals surface area contributed by atoms with Crippen LogP contribution in [0.2, 0.25) is 0 Å². The number of nitrogens with zero attached hydrogens (tertiary/aromatic N) is 2. The quantitative estimate of drug-likeness (QED) is 0.833. The molecule has 2 aliphatic rings. The van der Waals surface area contributed by atoms with Gasteiger partial charge in [0.05, 0.1) is 19.7 Å². The van der Waals surface area contributed by atoms with E-state index in [1.165, 1.54) is 55.7 Å². The van der Waals surface area contributed by atoms with Gasteiger partial charge < -0.3 is 19.7 Å². The summed E-state index contributed by atoms with van der Waals surface area (Å²) in [7, 11) is 3.38. The fourth-order valence-corrected chi connectivity index (χ4v) is 4.65. The number of hydrogen-bond acceptors (Lipinski definition) is 5. The van der Waals surface area contributed by atoms with E-state index in [0.717, 1.165) is 41.8 Å². The second-order valence-electron chi connectivity index (χ2n) is 7.77. The zero-order chi connectivity index (χ0) is 18.8. The molecule has 27 heavy (non-hydrogen) atoms. The third-order valence-electron chi connectivity index (χ3n) is 5.91. The van der Waals surface area contributed by atoms with Crippen LogP contribution < -0.4 is 14.8 Å². The largest absolute Gasteiger partial charge is 0.493 e. The lowest BCUT2D eigenvalue weighted by Crippen LogP contribution is -2.42. The van der Waals surface area contributed by atoms with Crippen molar-refractivity contribution < 1.29 is 9.47 Å². The van der Waals surface area contributed by atoms with Crippen LogP contribution in [0.3, 0.4) is 0 Å². The molecule has 2 aromatic rings. The minimum absolute atomic E-state index is 0.494. The number of hydrogen-bond donors (Lipinski definition) is 1. The highest BCUT2D eigenvalue weighted by molar-refractivity contribution is 5.96. The van der Waals surface area contributed by atoms with Gasteiger partial charge in [-0.15, -0.1) is 0 Å². The van der Waals surface area contributed by atoms with E-state index in [1.807, 2.05) is 6.07 Å². The summed E-state index contributed by atoms with van der Waals surface area (Å²) in [5, 5.41) is 5.08. The van der Waals surface area contributed by atoms with E-state index in [9.17, 15) is 0 Å². The van der Waals surface area contributed by atoms with E-state index in [-0.39, 0.29) is 0 Å². The lowest BCUT2D eigenvalue weighted by Gasteiger charge is -2.34. The van der Waals surface area contributed by atoms with Gasteiger partial charge in [-0.25, -0.2) is 0 Å². The van der Waals surface area contributed by atoms with Crippen molar-refractivity contribution in [2.24, 2.45) is 0 Å². The number of anilines is 1. The molecule has 0 unspecified atom stereocenters. The lowest BCUT2D eigenvalue weighted by molar-refractivity contribution is 0.217. The molecule has 1 atom stereocenters. The van der Waals surface area contributed by atoms with Gasteiger partial charge in [-0.2, -0.15) is 0 Å². The standard InChI is InChI=1S/C22H31N3O2/c1-4-10-25-11-6-7-15(14-25)23-22-16-8-5-9-18(16)24-19-13-21(27-3)20(26-2)12-17(19)22/h12-13,15H,4-11,14H2,1-3H3,(H,23,24)/t15-/m0/s1. The van der Waals surface area contributed by atoms with Crippen molar-refractivity contribution in [3.05, 3.63) is 23.4 Å². The number of fused-ring (bicyclic) bond motifs is 2. The summed E-state index contributed by atoms with van der Waals surface area (Å²) in [6.45, 7) is 5.81. The van der Waals surface area contributed by atoms with Crippen LogP contribution in [0.25, 0.3) is 10.9 Å². The molecule has 1 saturated heterocycles. The number of methoxy groups -OCH3 is 2. The van der Waals surface area contributed by atoms with Crippen LogP contribution >= 0.6 is 0 Å². The maximum atomic E-state index is 5.57. The Morgan fingerprint density at radius 3 is 2.74 bits per heavy atom. The molecule has 1 fully saturated rings. The van der Waals surface area contributed by atoms with E-state index < -0.39 is 0 Å². The number of benzene rings is 1. The number of likely N-dealkylation sites (tertiary alicyclic amines) is 1. The number of piperidine rings is 1. The van der Waals surface area contributed by atoms with Crippen LogP contribution in [-0.2, 0) is 12.8 Å². The number of ether oxygens (including phenoxy) is 2. The first-order valence-corrected chi connectivity index (χ1v) is 10.3. The SMILES string of the molecule is CCCN1CCC[C@H](Nc2c3c(nc4cc(OC)c(OC)cc24)CCC3)C1. The topological polar surface area (TPSA) is 46.6 Å². The van der Waals surface area contributed by atoms with Gasteiger partial charge in [0.2, 0.25) is 0 Å². The third-order valence-corrected chi connectivity index (χ3v) is 5.91. The van der Waals surface area contributed by atoms with Gasteiger partial charge in [-0.1, -0.05) is 6.92 Å². The normalized spacial score (nSPS) is 19.9. The molecule has 1 aromatic heterocycles. The van der Waals surface area contributed by atoms with Crippen LogP contribution in [0.5, 0.6) is 11.5 Å². The van der Waals surface area contributed by atoms with E-state index in [2.05, 4.69) is 23.2 Å². The van der Waals surface area contributed by atoms with Crippen molar-refractivity contribution in [3.8, 4) is 11.5 Å². The third kappa shape index (κ3) is 3.57. The van der Waals surface area contributed by atoms with E-state index in [1.54, 1.807) is 14.2 Å². The van der Waals surface area contributed by atoms with Crippen LogP contribution in [0.4, 0.5) is 5.69 Å². The smallest absolute Gasteiger partial charge is 0.162 e. The van der Waals surface area contributed by atoms with Crippen molar-refractivity contribution in [1.82, 2.24) is 9.88 Å². The van der Waals surface area contributed by atoms with Gasteiger partial charge in [0.25, 0.3) is 0 Å². The molecule has 1 aliphatic heterocycles. The first-order valence-electron chi connectivity index (χ1n) is 10.3. The molecule has 1 N–H and O–H groups in total. The highest BCUT2D eigenvalue weighted by Gasteiger charge is 2.25. The summed E-state index contributed by atoms with van der Waals surface area (Å²) >= 11 is 0. The minimum atomic E-state index is 0.494. The summed E-state index contributed by atoms with van der Waals surface area (Å²) in [6, 6.07) is 4.60. The van der Waals surface area contributed by atoms with Crippen LogP contribution in [0.1, 0.15) is 43.9 Å². The van der Waals surface area contributed by atoms with Gasteiger partial charge in [-0.05, 0) is 63.2 Å². The Kier molecular flexibility index (Phi) is 5.39. The molecular formula is C22H31N3O2. The fourth-order valence-electron chi connectivity index (χ4n) is 4.65. The van der Waals surface area contributed by atoms with Crippen LogP contribution in [0.15, 0.2) is 12.1 Å². The van der Waals surface area contributed by atoms with Gasteiger partial charge in [0, 0.05) is 35.4 Å². The number of aryl methyl sites for hydroxylation is 1. The maximum Gasteiger partial charge on any atom is 0.162 e. The Labute approximate surface area is 162 Å². The van der Waals surface area contributed by atoms with Gasteiger partial charge in [-0.3, -0.25) is 4.98 Å². The minimum Gasteiger partial charge on any atom is -0.493 e. The molecule has 146 valence electrons. The maximum absolute atomic E-state index is 5.57. The summed E-state index contributed by atoms with van der Waals surface area (Å²) in [5.74, 6) is 1.51. The Balaban J connectivity index is 1.74. The highest BCUT2D eigenvalue weighted by atomic mass is 16.5. The number of rotatable bonds is 6. The van der Waals surface area contributed by atoms with Crippen LogP contribution in [0, 0.1) is 0 Å². The second kappa shape index (κ2) is 7.93. The zero-order valence-electron chi connectivity index (χ0n) is 16.8. The fraction of sp³-hybridized carbons (Fsp3) is 0.591. The first kappa shape index (κ1) is 18.4. The summed E-state index contributed by atoms with van der Waals surface area (Å²) in [4.78, 5) is 7.54. The molecule has 0 saturated carbocycles. The van der Waals surface area contributed by atoms with Crippen molar-refractivity contribution in [1.29, 1.82) is 0 Å². The highest BCUT2D eigenvalue weighted by Crippen LogP contribution is 2.40. The molecule has 5 nitrogen and oxygen atoms in total. The van der Waals surface area contributed by atoms with Gasteiger partial charge in [0.15, 0.2) is 11.5 Å². The molecular weight excluding hydrogens is 338 g/mol. The first-order chi connectivity index (χ1) is 13.2. The number of pyridine rings is 1. The number of nitrogens with one attached hydrogen (secondary N) is 1. The molecule has 2 heterocycles. The Morgan fingerprint density at radius 2 is 1.96 bits per heavy atom. The summed E-state index contributed by atoms with van der Waals surface area (Å²) < 4.78 is 11.1. The Morgan fingerprint density at radius 1 is 1.15 bits per heavy atom. The molecule has 0 bridgehead atoms. The van der Waals surface area contributed by atoms with Crippen LogP contribution in [-0.4, -0.2) is 49.8 Å². The summed E-state index contributed by atoms with van der Waals surface area (Å²) in [6.07, 6.45) is 7.08. The van der Waals surface area contributed by atoms with Gasteiger partial charge >= 0.3 is 0 Å². The number of aromatic nitrogens is 1. The monoisotopic (exact) mass is 369 g/mol. The molecule has 0 radical (unpaired) electrons. The molecule has 1 aromatic carbocycles. The molecule has 5 heteroatoms. The van der Waals surface area contributed by atoms with Gasteiger partial charge in [0.1, 0.15) is 0 Å². The van der Waals surface area contributed by atoms with Crippen molar-refractivity contribution in [3.63, 3.8) is 0 Å².